The zero-order chi connectivity index (χ0) is 24.2. The van der Waals surface area contributed by atoms with Crippen LogP contribution in [-0.2, 0) is 9.53 Å². The van der Waals surface area contributed by atoms with Gasteiger partial charge >= 0.3 is 5.97 Å². The van der Waals surface area contributed by atoms with E-state index in [1.165, 1.54) is 11.1 Å². The number of rotatable bonds is 5. The van der Waals surface area contributed by atoms with Crippen LogP contribution >= 0.6 is 0 Å². The number of carbonyl (C=O) groups is 2. The Kier molecular flexibility index (Phi) is 6.44. The zero-order valence-corrected chi connectivity index (χ0v) is 19.3. The predicted octanol–water partition coefficient (Wildman–Crippen LogP) is 5.25. The normalized spacial score (nSPS) is 20.3. The van der Waals surface area contributed by atoms with Gasteiger partial charge in [-0.3, -0.25) is 4.79 Å². The largest absolute Gasteiger partial charge is 0.452 e. The fraction of sp³-hybridized carbons (Fsp3) is 0.207. The lowest BCUT2D eigenvalue weighted by atomic mass is 9.77. The van der Waals surface area contributed by atoms with Gasteiger partial charge in [0.2, 0.25) is 0 Å². The van der Waals surface area contributed by atoms with Gasteiger partial charge in [0.25, 0.3) is 5.91 Å². The summed E-state index contributed by atoms with van der Waals surface area (Å²) in [4.78, 5) is 25.8. The number of anilines is 1. The molecule has 3 aromatic rings. The zero-order valence-electron chi connectivity index (χ0n) is 19.3. The van der Waals surface area contributed by atoms with Gasteiger partial charge in [0, 0.05) is 11.6 Å². The van der Waals surface area contributed by atoms with Crippen LogP contribution in [-0.4, -0.2) is 29.2 Å². The van der Waals surface area contributed by atoms with E-state index in [1.807, 2.05) is 48.5 Å². The van der Waals surface area contributed by atoms with E-state index in [0.29, 0.717) is 11.3 Å². The molecule has 0 aromatic heterocycles. The summed E-state index contributed by atoms with van der Waals surface area (Å²) in [5.74, 6) is -0.845. The molecule has 0 radical (unpaired) electrons. The third-order valence-corrected chi connectivity index (χ3v) is 6.49. The molecule has 2 unspecified atom stereocenters. The van der Waals surface area contributed by atoms with Gasteiger partial charge in [-0.25, -0.2) is 9.80 Å². The fourth-order valence-corrected chi connectivity index (χ4v) is 4.88. The molecule has 1 saturated carbocycles. The maximum absolute atomic E-state index is 13.3. The molecule has 0 saturated heterocycles. The average molecular weight is 466 g/mol. The number of allylic oxidation sites excluding steroid dienone is 1. The molecule has 1 fully saturated rings. The molecule has 2 N–H and O–H groups in total. The van der Waals surface area contributed by atoms with Crippen LogP contribution in [0.3, 0.4) is 0 Å². The van der Waals surface area contributed by atoms with Gasteiger partial charge in [0.05, 0.1) is 17.3 Å². The first-order chi connectivity index (χ1) is 17.1. The molecule has 1 amide bonds. The number of amides is 1. The van der Waals surface area contributed by atoms with E-state index in [1.54, 1.807) is 18.2 Å². The summed E-state index contributed by atoms with van der Waals surface area (Å²) in [6.45, 7) is -0.391. The van der Waals surface area contributed by atoms with Gasteiger partial charge in [-0.2, -0.15) is 5.10 Å². The molecule has 1 heterocycles. The molecule has 6 heteroatoms. The first-order valence-electron chi connectivity index (χ1n) is 11.8. The minimum atomic E-state index is -0.587. The third-order valence-electron chi connectivity index (χ3n) is 6.49. The topological polar surface area (TPSA) is 85.0 Å². The van der Waals surface area contributed by atoms with Crippen molar-refractivity contribution in [3.8, 4) is 0 Å². The van der Waals surface area contributed by atoms with E-state index < -0.39 is 12.6 Å². The van der Waals surface area contributed by atoms with Crippen molar-refractivity contribution in [3.05, 3.63) is 107 Å². The Morgan fingerprint density at radius 1 is 1.00 bits per heavy atom. The highest BCUT2D eigenvalue weighted by atomic mass is 16.5. The smallest absolute Gasteiger partial charge is 0.338 e. The van der Waals surface area contributed by atoms with E-state index in [-0.39, 0.29) is 17.9 Å². The maximum Gasteiger partial charge on any atom is 0.338 e. The molecular formula is C29H27N3O3. The molecular weight excluding hydrogens is 438 g/mol. The predicted molar refractivity (Wildman–Crippen MR) is 136 cm³/mol. The number of nitrogens with zero attached hydrogens (tertiary/aromatic N) is 2. The van der Waals surface area contributed by atoms with Crippen molar-refractivity contribution in [3.63, 3.8) is 0 Å². The van der Waals surface area contributed by atoms with E-state index in [9.17, 15) is 9.59 Å². The number of nitrogen functional groups attached to an aromatic ring is 1. The molecule has 35 heavy (non-hydrogen) atoms. The number of ether oxygens (including phenoxy) is 1. The fourth-order valence-electron chi connectivity index (χ4n) is 4.88. The van der Waals surface area contributed by atoms with Crippen molar-refractivity contribution in [1.29, 1.82) is 0 Å². The minimum absolute atomic E-state index is 0.0923. The SMILES string of the molecule is Nc1cccc(C(=O)OCC(=O)N2N=C3C(=Cc4ccccc4)CCCC3C2c2ccccc2)c1. The Balaban J connectivity index is 1.42. The highest BCUT2D eigenvalue weighted by molar-refractivity contribution is 6.08. The first kappa shape index (κ1) is 22.6. The first-order valence-corrected chi connectivity index (χ1v) is 11.8. The van der Waals surface area contributed by atoms with Crippen molar-refractivity contribution >= 4 is 29.4 Å². The van der Waals surface area contributed by atoms with E-state index in [0.717, 1.165) is 41.7 Å². The van der Waals surface area contributed by atoms with E-state index in [4.69, 9.17) is 15.6 Å². The number of nitrogens with two attached hydrogens (primary N) is 1. The van der Waals surface area contributed by atoms with Crippen molar-refractivity contribution in [1.82, 2.24) is 5.01 Å². The molecule has 0 spiro atoms. The van der Waals surface area contributed by atoms with Crippen molar-refractivity contribution < 1.29 is 14.3 Å². The summed E-state index contributed by atoms with van der Waals surface area (Å²) in [7, 11) is 0. The number of hydrogen-bond donors (Lipinski definition) is 1. The Labute approximate surface area is 204 Å². The van der Waals surface area contributed by atoms with Crippen LogP contribution in [0.5, 0.6) is 0 Å². The lowest BCUT2D eigenvalue weighted by molar-refractivity contribution is -0.137. The van der Waals surface area contributed by atoms with Crippen LogP contribution in [0.2, 0.25) is 0 Å². The van der Waals surface area contributed by atoms with Gasteiger partial charge in [-0.1, -0.05) is 66.7 Å². The average Bonchev–Trinajstić information content (AvgIpc) is 3.29. The highest BCUT2D eigenvalue weighted by Gasteiger charge is 2.43. The molecule has 6 nitrogen and oxygen atoms in total. The van der Waals surface area contributed by atoms with Crippen molar-refractivity contribution in [2.75, 3.05) is 12.3 Å². The van der Waals surface area contributed by atoms with Crippen molar-refractivity contribution in [2.24, 2.45) is 11.0 Å². The van der Waals surface area contributed by atoms with E-state index >= 15 is 0 Å². The Morgan fingerprint density at radius 2 is 1.74 bits per heavy atom. The quantitative estimate of drug-likeness (QED) is 0.412. The molecule has 1 aliphatic heterocycles. The lowest BCUT2D eigenvalue weighted by Crippen LogP contribution is -2.34. The summed E-state index contributed by atoms with van der Waals surface area (Å²) in [6, 6.07) is 26.4. The summed E-state index contributed by atoms with van der Waals surface area (Å²) in [5.41, 5.74) is 10.8. The molecule has 5 rings (SSSR count). The Bertz CT molecular complexity index is 1280. The number of fused-ring (bicyclic) bond motifs is 1. The second kappa shape index (κ2) is 9.97. The number of hydrogen-bond acceptors (Lipinski definition) is 5. The van der Waals surface area contributed by atoms with Gasteiger partial charge in [0.1, 0.15) is 0 Å². The van der Waals surface area contributed by atoms with Crippen LogP contribution in [0.4, 0.5) is 5.69 Å². The summed E-state index contributed by atoms with van der Waals surface area (Å²) >= 11 is 0. The van der Waals surface area contributed by atoms with E-state index in [2.05, 4.69) is 18.2 Å². The summed E-state index contributed by atoms with van der Waals surface area (Å²) in [6.07, 6.45) is 5.05. The van der Waals surface area contributed by atoms with Crippen LogP contribution < -0.4 is 5.73 Å². The minimum Gasteiger partial charge on any atom is -0.452 e. The van der Waals surface area contributed by atoms with Crippen LogP contribution in [0, 0.1) is 5.92 Å². The molecule has 1 aliphatic carbocycles. The van der Waals surface area contributed by atoms with Crippen LogP contribution in [0.1, 0.15) is 46.8 Å². The standard InChI is InChI=1S/C29H27N3O3/c30-24-15-7-14-23(18-24)29(34)35-19-26(33)32-28(21-11-5-2-6-12-21)25-16-8-13-22(27(25)31-32)17-20-9-3-1-4-10-20/h1-7,9-12,14-15,17-18,25,28H,8,13,16,19,30H2. The van der Waals surface area contributed by atoms with Crippen LogP contribution in [0.15, 0.2) is 95.6 Å². The van der Waals surface area contributed by atoms with Crippen molar-refractivity contribution in [2.45, 2.75) is 25.3 Å². The molecule has 2 aliphatic rings. The lowest BCUT2D eigenvalue weighted by Gasteiger charge is -2.29. The highest BCUT2D eigenvalue weighted by Crippen LogP contribution is 2.44. The number of benzene rings is 3. The van der Waals surface area contributed by atoms with Gasteiger partial charge in [-0.05, 0) is 60.2 Å². The summed E-state index contributed by atoms with van der Waals surface area (Å²) in [5, 5.41) is 6.35. The number of carbonyl (C=O) groups excluding carboxylic acids is 2. The number of esters is 1. The number of hydrazone groups is 1. The van der Waals surface area contributed by atoms with Gasteiger partial charge in [-0.15, -0.1) is 0 Å². The second-order valence-electron chi connectivity index (χ2n) is 8.86. The molecule has 0 bridgehead atoms. The Hall–Kier alpha value is -4.19. The van der Waals surface area contributed by atoms with Crippen LogP contribution in [0.25, 0.3) is 6.08 Å². The second-order valence-corrected chi connectivity index (χ2v) is 8.86. The third kappa shape index (κ3) is 4.87. The Morgan fingerprint density at radius 3 is 2.49 bits per heavy atom. The monoisotopic (exact) mass is 465 g/mol. The molecule has 2 atom stereocenters. The molecule has 176 valence electrons. The van der Waals surface area contributed by atoms with Gasteiger partial charge < -0.3 is 10.5 Å². The van der Waals surface area contributed by atoms with Gasteiger partial charge in [0.15, 0.2) is 6.61 Å². The molecule has 3 aromatic carbocycles. The summed E-state index contributed by atoms with van der Waals surface area (Å²) < 4.78 is 5.35. The maximum atomic E-state index is 13.3.